The number of nitrogens with one attached hydrogen (secondary N) is 2. The number of carbonyl (C=O) groups excluding carboxylic acids is 1. The highest BCUT2D eigenvalue weighted by Crippen LogP contribution is 2.34. The summed E-state index contributed by atoms with van der Waals surface area (Å²) in [6.07, 6.45) is 0.891. The first-order chi connectivity index (χ1) is 6.63. The van der Waals surface area contributed by atoms with Crippen molar-refractivity contribution < 1.29 is 9.90 Å². The Kier molecular flexibility index (Phi) is 3.89. The molecular weight excluding hydrogens is 180 g/mol. The van der Waals surface area contributed by atoms with E-state index in [0.29, 0.717) is 12.5 Å². The number of rotatable bonds is 4. The monoisotopic (exact) mass is 200 g/mol. The van der Waals surface area contributed by atoms with E-state index in [1.54, 1.807) is 0 Å². The van der Waals surface area contributed by atoms with E-state index in [2.05, 4.69) is 24.5 Å². The van der Waals surface area contributed by atoms with Gasteiger partial charge in [0, 0.05) is 13.1 Å². The Morgan fingerprint density at radius 3 is 2.79 bits per heavy atom. The van der Waals surface area contributed by atoms with Crippen LogP contribution in [0, 0.1) is 11.3 Å². The molecule has 1 heterocycles. The van der Waals surface area contributed by atoms with Gasteiger partial charge >= 0.3 is 0 Å². The third-order valence-electron chi connectivity index (χ3n) is 3.14. The Hall–Kier alpha value is -0.610. The van der Waals surface area contributed by atoms with Crippen molar-refractivity contribution in [3.05, 3.63) is 0 Å². The van der Waals surface area contributed by atoms with Crippen LogP contribution in [-0.4, -0.2) is 37.3 Å². The van der Waals surface area contributed by atoms with Gasteiger partial charge in [-0.25, -0.2) is 0 Å². The van der Waals surface area contributed by atoms with Crippen LogP contribution in [0.5, 0.6) is 0 Å². The summed E-state index contributed by atoms with van der Waals surface area (Å²) in [5.41, 5.74) is -0.269. The minimum absolute atomic E-state index is 0.00729. The number of amides is 1. The van der Waals surface area contributed by atoms with Crippen LogP contribution in [-0.2, 0) is 4.79 Å². The van der Waals surface area contributed by atoms with Gasteiger partial charge in [-0.15, -0.1) is 0 Å². The van der Waals surface area contributed by atoms with Gasteiger partial charge < -0.3 is 15.7 Å². The van der Waals surface area contributed by atoms with Gasteiger partial charge in [0.05, 0.1) is 12.0 Å². The van der Waals surface area contributed by atoms with Crippen LogP contribution >= 0.6 is 0 Å². The summed E-state index contributed by atoms with van der Waals surface area (Å²) in [5, 5.41) is 14.6. The Balaban J connectivity index is 2.62. The van der Waals surface area contributed by atoms with Gasteiger partial charge in [0.2, 0.25) is 5.91 Å². The number of aliphatic hydroxyl groups is 1. The van der Waals surface area contributed by atoms with Gasteiger partial charge in [0.15, 0.2) is 0 Å². The van der Waals surface area contributed by atoms with Gasteiger partial charge in [0.1, 0.15) is 0 Å². The molecule has 1 unspecified atom stereocenters. The van der Waals surface area contributed by atoms with Crippen molar-refractivity contribution in [2.75, 3.05) is 26.2 Å². The lowest BCUT2D eigenvalue weighted by Gasteiger charge is -2.30. The lowest BCUT2D eigenvalue weighted by molar-refractivity contribution is -0.132. The first kappa shape index (κ1) is 11.5. The molecule has 14 heavy (non-hydrogen) atoms. The maximum Gasteiger partial charge on any atom is 0.227 e. The smallest absolute Gasteiger partial charge is 0.227 e. The van der Waals surface area contributed by atoms with Crippen molar-refractivity contribution in [3.63, 3.8) is 0 Å². The zero-order valence-electron chi connectivity index (χ0n) is 8.97. The maximum absolute atomic E-state index is 11.9. The van der Waals surface area contributed by atoms with Gasteiger partial charge in [0.25, 0.3) is 0 Å². The standard InChI is InChI=1S/C10H20N2O2/c1-8(2)10(3-4-11-7-10)9(14)12-5-6-13/h8,11,13H,3-7H2,1-2H3,(H,12,14). The second kappa shape index (κ2) is 4.75. The van der Waals surface area contributed by atoms with Crippen molar-refractivity contribution in [3.8, 4) is 0 Å². The van der Waals surface area contributed by atoms with Crippen LogP contribution < -0.4 is 10.6 Å². The number of hydrogen-bond donors (Lipinski definition) is 3. The first-order valence-corrected chi connectivity index (χ1v) is 5.23. The highest BCUT2D eigenvalue weighted by Gasteiger charge is 2.43. The molecule has 1 amide bonds. The molecule has 0 aromatic carbocycles. The molecule has 1 fully saturated rings. The minimum Gasteiger partial charge on any atom is -0.395 e. The van der Waals surface area contributed by atoms with E-state index in [0.717, 1.165) is 19.5 Å². The summed E-state index contributed by atoms with van der Waals surface area (Å²) >= 11 is 0. The highest BCUT2D eigenvalue weighted by atomic mass is 16.3. The van der Waals surface area contributed by atoms with E-state index in [1.807, 2.05) is 0 Å². The Bertz CT molecular complexity index is 198. The van der Waals surface area contributed by atoms with E-state index < -0.39 is 0 Å². The lowest BCUT2D eigenvalue weighted by atomic mass is 9.75. The summed E-state index contributed by atoms with van der Waals surface area (Å²) in [4.78, 5) is 11.9. The predicted octanol–water partition coefficient (Wildman–Crippen LogP) is -0.269. The molecule has 0 aromatic heterocycles. The maximum atomic E-state index is 11.9. The zero-order valence-corrected chi connectivity index (χ0v) is 8.97. The summed E-state index contributed by atoms with van der Waals surface area (Å²) in [6, 6.07) is 0. The van der Waals surface area contributed by atoms with Gasteiger partial charge in [-0.1, -0.05) is 13.8 Å². The van der Waals surface area contributed by atoms with Gasteiger partial charge in [-0.2, -0.15) is 0 Å². The molecule has 0 spiro atoms. The molecule has 0 radical (unpaired) electrons. The van der Waals surface area contributed by atoms with E-state index in [4.69, 9.17) is 5.11 Å². The fourth-order valence-electron chi connectivity index (χ4n) is 2.01. The van der Waals surface area contributed by atoms with Gasteiger partial charge in [-0.3, -0.25) is 4.79 Å². The normalized spacial score (nSPS) is 26.9. The number of carbonyl (C=O) groups is 1. The van der Waals surface area contributed by atoms with Crippen molar-refractivity contribution in [1.29, 1.82) is 0 Å². The van der Waals surface area contributed by atoms with Crippen LogP contribution in [0.3, 0.4) is 0 Å². The SMILES string of the molecule is CC(C)C1(C(=O)NCCO)CCNC1. The molecule has 4 nitrogen and oxygen atoms in total. The molecule has 0 aliphatic carbocycles. The summed E-state index contributed by atoms with van der Waals surface area (Å²) in [7, 11) is 0. The van der Waals surface area contributed by atoms with Crippen molar-refractivity contribution in [2.45, 2.75) is 20.3 Å². The third kappa shape index (κ3) is 2.07. The summed E-state index contributed by atoms with van der Waals surface area (Å²) in [6.45, 7) is 6.17. The molecule has 1 aliphatic rings. The predicted molar refractivity (Wildman–Crippen MR) is 54.9 cm³/mol. The van der Waals surface area contributed by atoms with E-state index in [1.165, 1.54) is 0 Å². The van der Waals surface area contributed by atoms with Crippen LogP contribution in [0.4, 0.5) is 0 Å². The van der Waals surface area contributed by atoms with E-state index >= 15 is 0 Å². The zero-order chi connectivity index (χ0) is 10.6. The van der Waals surface area contributed by atoms with Crippen LogP contribution in [0.15, 0.2) is 0 Å². The third-order valence-corrected chi connectivity index (χ3v) is 3.14. The fourth-order valence-corrected chi connectivity index (χ4v) is 2.01. The molecule has 3 N–H and O–H groups in total. The fraction of sp³-hybridized carbons (Fsp3) is 0.900. The first-order valence-electron chi connectivity index (χ1n) is 5.23. The molecule has 0 bridgehead atoms. The van der Waals surface area contributed by atoms with E-state index in [-0.39, 0.29) is 17.9 Å². The molecular formula is C10H20N2O2. The van der Waals surface area contributed by atoms with Crippen molar-refractivity contribution in [1.82, 2.24) is 10.6 Å². The number of hydrogen-bond acceptors (Lipinski definition) is 3. The van der Waals surface area contributed by atoms with Crippen molar-refractivity contribution >= 4 is 5.91 Å². The molecule has 4 heteroatoms. The van der Waals surface area contributed by atoms with Crippen LogP contribution in [0.2, 0.25) is 0 Å². The average Bonchev–Trinajstić information content (AvgIpc) is 2.63. The van der Waals surface area contributed by atoms with Crippen LogP contribution in [0.25, 0.3) is 0 Å². The minimum atomic E-state index is -0.269. The lowest BCUT2D eigenvalue weighted by Crippen LogP contribution is -2.46. The molecule has 1 saturated heterocycles. The van der Waals surface area contributed by atoms with Gasteiger partial charge in [-0.05, 0) is 18.9 Å². The quantitative estimate of drug-likeness (QED) is 0.585. The Morgan fingerprint density at radius 1 is 1.64 bits per heavy atom. The molecule has 0 saturated carbocycles. The molecule has 1 atom stereocenters. The topological polar surface area (TPSA) is 61.4 Å². The summed E-state index contributed by atoms with van der Waals surface area (Å²) < 4.78 is 0. The second-order valence-electron chi connectivity index (χ2n) is 4.22. The Morgan fingerprint density at radius 2 is 2.36 bits per heavy atom. The highest BCUT2D eigenvalue weighted by molar-refractivity contribution is 5.83. The summed E-state index contributed by atoms with van der Waals surface area (Å²) in [5.74, 6) is 0.405. The van der Waals surface area contributed by atoms with Crippen molar-refractivity contribution in [2.24, 2.45) is 11.3 Å². The Labute approximate surface area is 85.1 Å². The average molecular weight is 200 g/mol. The largest absolute Gasteiger partial charge is 0.395 e. The van der Waals surface area contributed by atoms with Crippen LogP contribution in [0.1, 0.15) is 20.3 Å². The molecule has 1 aliphatic heterocycles. The molecule has 0 aromatic rings. The number of aliphatic hydroxyl groups excluding tert-OH is 1. The molecule has 1 rings (SSSR count). The molecule has 82 valence electrons. The van der Waals surface area contributed by atoms with E-state index in [9.17, 15) is 4.79 Å². The second-order valence-corrected chi connectivity index (χ2v) is 4.22.